The molecule has 10 heteroatoms. The van der Waals surface area contributed by atoms with Crippen LogP contribution in [0.3, 0.4) is 0 Å². The van der Waals surface area contributed by atoms with Gasteiger partial charge in [-0.3, -0.25) is 9.59 Å². The largest absolute Gasteiger partial charge is 0.534 e. The highest BCUT2D eigenvalue weighted by atomic mass is 32.2. The molecule has 0 unspecified atom stereocenters. The Morgan fingerprint density at radius 2 is 1.25 bits per heavy atom. The molecule has 3 aromatic rings. The van der Waals surface area contributed by atoms with Gasteiger partial charge in [-0.2, -0.15) is 21.6 Å². The predicted octanol–water partition coefficient (Wildman–Crippen LogP) is 4.27. The van der Waals surface area contributed by atoms with Crippen LogP contribution in [-0.2, 0) is 16.7 Å². The highest BCUT2D eigenvalue weighted by Gasteiger charge is 2.49. The van der Waals surface area contributed by atoms with Gasteiger partial charge in [-0.15, -0.1) is 0 Å². The summed E-state index contributed by atoms with van der Waals surface area (Å²) in [5.41, 5.74) is -5.92. The van der Waals surface area contributed by atoms with Crippen LogP contribution in [0, 0.1) is 0 Å². The molecule has 0 saturated heterocycles. The number of fused-ring (bicyclic) bond motifs is 2. The second-order valence-corrected chi connectivity index (χ2v) is 8.31. The molecule has 164 valence electrons. The molecule has 0 radical (unpaired) electrons. The van der Waals surface area contributed by atoms with Gasteiger partial charge in [0.25, 0.3) is 0 Å². The SMILES string of the molecule is O=C1c2cccc(OS(=O)(=O)C(F)(F)F)c2C(=O)c2cccc(OCc3ccccc3)c21. The molecule has 0 heterocycles. The number of ketones is 2. The first kappa shape index (κ1) is 21.6. The summed E-state index contributed by atoms with van der Waals surface area (Å²) in [6, 6.07) is 16.5. The Morgan fingerprint density at radius 1 is 0.719 bits per heavy atom. The summed E-state index contributed by atoms with van der Waals surface area (Å²) in [6.45, 7) is 0.110. The molecule has 4 rings (SSSR count). The molecule has 0 aromatic heterocycles. The van der Waals surface area contributed by atoms with Crippen molar-refractivity contribution in [1.82, 2.24) is 0 Å². The first-order chi connectivity index (χ1) is 15.1. The highest BCUT2D eigenvalue weighted by Crippen LogP contribution is 2.38. The molecule has 3 aromatic carbocycles. The van der Waals surface area contributed by atoms with Crippen molar-refractivity contribution in [1.29, 1.82) is 0 Å². The number of carbonyl (C=O) groups excluding carboxylic acids is 2. The van der Waals surface area contributed by atoms with Gasteiger partial charge in [0, 0.05) is 11.1 Å². The first-order valence-corrected chi connectivity index (χ1v) is 10.5. The summed E-state index contributed by atoms with van der Waals surface area (Å²) in [6.07, 6.45) is 0. The zero-order valence-corrected chi connectivity index (χ0v) is 16.9. The van der Waals surface area contributed by atoms with E-state index < -0.39 is 38.5 Å². The smallest absolute Gasteiger partial charge is 0.488 e. The van der Waals surface area contributed by atoms with Gasteiger partial charge in [-0.25, -0.2) is 0 Å². The average molecular weight is 462 g/mol. The number of rotatable bonds is 5. The van der Waals surface area contributed by atoms with Gasteiger partial charge in [-0.1, -0.05) is 54.6 Å². The minimum atomic E-state index is -6.04. The lowest BCUT2D eigenvalue weighted by Crippen LogP contribution is -2.30. The Kier molecular flexibility index (Phi) is 5.25. The molecule has 0 N–H and O–H groups in total. The lowest BCUT2D eigenvalue weighted by molar-refractivity contribution is -0.0500. The summed E-state index contributed by atoms with van der Waals surface area (Å²) in [5, 5.41) is 0. The van der Waals surface area contributed by atoms with Crippen molar-refractivity contribution in [2.24, 2.45) is 0 Å². The number of halogens is 3. The van der Waals surface area contributed by atoms with Crippen molar-refractivity contribution in [3.8, 4) is 11.5 Å². The Balaban J connectivity index is 1.75. The van der Waals surface area contributed by atoms with Crippen LogP contribution in [-0.4, -0.2) is 25.5 Å². The van der Waals surface area contributed by atoms with Crippen LogP contribution < -0.4 is 8.92 Å². The zero-order chi connectivity index (χ0) is 23.1. The second-order valence-electron chi connectivity index (χ2n) is 6.77. The van der Waals surface area contributed by atoms with Crippen molar-refractivity contribution >= 4 is 21.7 Å². The summed E-state index contributed by atoms with van der Waals surface area (Å²) in [5.74, 6) is -2.31. The fourth-order valence-electron chi connectivity index (χ4n) is 3.27. The zero-order valence-electron chi connectivity index (χ0n) is 16.0. The molecule has 1 aliphatic rings. The number of hydrogen-bond acceptors (Lipinski definition) is 6. The molecule has 6 nitrogen and oxygen atoms in total. The Morgan fingerprint density at radius 3 is 1.81 bits per heavy atom. The summed E-state index contributed by atoms with van der Waals surface area (Å²) in [4.78, 5) is 26.2. The third-order valence-electron chi connectivity index (χ3n) is 4.72. The van der Waals surface area contributed by atoms with E-state index in [1.807, 2.05) is 18.2 Å². The number of ether oxygens (including phenoxy) is 1. The van der Waals surface area contributed by atoms with Crippen LogP contribution in [0.4, 0.5) is 13.2 Å². The van der Waals surface area contributed by atoms with Crippen molar-refractivity contribution < 1.29 is 40.1 Å². The van der Waals surface area contributed by atoms with Crippen LogP contribution in [0.5, 0.6) is 11.5 Å². The molecule has 0 spiro atoms. The van der Waals surface area contributed by atoms with Gasteiger partial charge in [0.2, 0.25) is 0 Å². The second kappa shape index (κ2) is 7.79. The lowest BCUT2D eigenvalue weighted by Gasteiger charge is -2.22. The van der Waals surface area contributed by atoms with E-state index >= 15 is 0 Å². The molecule has 0 atom stereocenters. The quantitative estimate of drug-likeness (QED) is 0.325. The maximum absolute atomic E-state index is 13.1. The van der Waals surface area contributed by atoms with Crippen molar-refractivity contribution in [2.45, 2.75) is 12.1 Å². The number of alkyl halides is 3. The van der Waals surface area contributed by atoms with Crippen LogP contribution in [0.1, 0.15) is 37.4 Å². The lowest BCUT2D eigenvalue weighted by atomic mass is 9.83. The maximum atomic E-state index is 13.1. The van der Waals surface area contributed by atoms with E-state index in [0.717, 1.165) is 17.7 Å². The molecular weight excluding hydrogens is 449 g/mol. The fourth-order valence-corrected chi connectivity index (χ4v) is 3.74. The topological polar surface area (TPSA) is 86.7 Å². The molecule has 0 saturated carbocycles. The van der Waals surface area contributed by atoms with E-state index in [1.165, 1.54) is 24.3 Å². The summed E-state index contributed by atoms with van der Waals surface area (Å²) >= 11 is 0. The van der Waals surface area contributed by atoms with Gasteiger partial charge in [-0.05, 0) is 17.7 Å². The summed E-state index contributed by atoms with van der Waals surface area (Å²) in [7, 11) is -6.04. The third kappa shape index (κ3) is 3.73. The number of benzene rings is 3. The monoisotopic (exact) mass is 462 g/mol. The number of carbonyl (C=O) groups is 2. The summed E-state index contributed by atoms with van der Waals surface area (Å²) < 4.78 is 71.1. The Hall–Kier alpha value is -3.66. The van der Waals surface area contributed by atoms with E-state index in [9.17, 15) is 31.2 Å². The van der Waals surface area contributed by atoms with Gasteiger partial charge in [0.15, 0.2) is 17.3 Å². The van der Waals surface area contributed by atoms with E-state index in [0.29, 0.717) is 0 Å². The van der Waals surface area contributed by atoms with Crippen LogP contribution in [0.2, 0.25) is 0 Å². The van der Waals surface area contributed by atoms with Gasteiger partial charge in [0.1, 0.15) is 12.4 Å². The minimum absolute atomic E-state index is 0.0586. The van der Waals surface area contributed by atoms with Crippen molar-refractivity contribution in [3.05, 3.63) is 94.5 Å². The molecule has 32 heavy (non-hydrogen) atoms. The fraction of sp³-hybridized carbons (Fsp3) is 0.0909. The van der Waals surface area contributed by atoms with Crippen LogP contribution in [0.15, 0.2) is 66.7 Å². The predicted molar refractivity (Wildman–Crippen MR) is 106 cm³/mol. The average Bonchev–Trinajstić information content (AvgIpc) is 2.75. The van der Waals surface area contributed by atoms with Gasteiger partial charge < -0.3 is 8.92 Å². The van der Waals surface area contributed by atoms with E-state index in [2.05, 4.69) is 4.18 Å². The van der Waals surface area contributed by atoms with Gasteiger partial charge in [0.05, 0.1) is 11.1 Å². The van der Waals surface area contributed by atoms with Crippen LogP contribution >= 0.6 is 0 Å². The molecule has 0 aliphatic heterocycles. The van der Waals surface area contributed by atoms with E-state index in [4.69, 9.17) is 4.74 Å². The van der Waals surface area contributed by atoms with E-state index in [-0.39, 0.29) is 29.0 Å². The molecule has 0 fully saturated rings. The van der Waals surface area contributed by atoms with E-state index in [1.54, 1.807) is 12.1 Å². The third-order valence-corrected chi connectivity index (χ3v) is 5.68. The highest BCUT2D eigenvalue weighted by molar-refractivity contribution is 7.88. The maximum Gasteiger partial charge on any atom is 0.534 e. The molecule has 1 aliphatic carbocycles. The minimum Gasteiger partial charge on any atom is -0.488 e. The first-order valence-electron chi connectivity index (χ1n) is 9.13. The Bertz CT molecular complexity index is 1330. The van der Waals surface area contributed by atoms with Crippen molar-refractivity contribution in [2.75, 3.05) is 0 Å². The Labute approximate surface area is 180 Å². The molecule has 0 bridgehead atoms. The standard InChI is InChI=1S/C22H13F3O6S/c23-22(24,25)32(28,29)31-17-11-5-9-15-19(17)21(27)14-8-4-10-16(18(14)20(15)26)30-12-13-6-2-1-3-7-13/h1-11H,12H2. The normalized spacial score (nSPS) is 13.3. The van der Waals surface area contributed by atoms with Crippen LogP contribution in [0.25, 0.3) is 0 Å². The van der Waals surface area contributed by atoms with Crippen molar-refractivity contribution in [3.63, 3.8) is 0 Å². The molecule has 0 amide bonds. The number of hydrogen-bond donors (Lipinski definition) is 0. The van der Waals surface area contributed by atoms with Gasteiger partial charge >= 0.3 is 15.6 Å². The molecular formula is C22H13F3O6S.